The van der Waals surface area contributed by atoms with Crippen molar-refractivity contribution >= 4 is 102 Å². The maximum absolute atomic E-state index is 8.62. The maximum atomic E-state index is 8.62. The van der Waals surface area contributed by atoms with Crippen molar-refractivity contribution < 1.29 is 4.74 Å². The van der Waals surface area contributed by atoms with Gasteiger partial charge in [0.1, 0.15) is 11.5 Å². The lowest BCUT2D eigenvalue weighted by atomic mass is 9.68. The molecule has 0 fully saturated rings. The second-order valence-electron chi connectivity index (χ2n) is 29.9. The van der Waals surface area contributed by atoms with Gasteiger partial charge in [0.15, 0.2) is 0 Å². The zero-order chi connectivity index (χ0) is 63.5. The van der Waals surface area contributed by atoms with Gasteiger partial charge in [-0.05, 0) is 207 Å². The first-order valence-corrected chi connectivity index (χ1v) is 35.6. The van der Waals surface area contributed by atoms with Gasteiger partial charge in [0.25, 0.3) is 0 Å². The summed E-state index contributed by atoms with van der Waals surface area (Å²) in [7, 11) is 0. The molecule has 7 heteroatoms. The lowest BCUT2D eigenvalue weighted by Gasteiger charge is -2.56. The summed E-state index contributed by atoms with van der Waals surface area (Å²) in [5.74, 6) is 1.91. The SMILES string of the molecule is Cc1ccc(N(c2ccc(C)cc2)c2ccc3c(c2)C(C)(C)c2c4c5c6c(c2-3)C(C)(C)c2cc(C)ccc2N6c2cc(C)cc3c2P5(=S)c2c(c5c(c6c2N3c2ccc(C)cc2C6(C)C)-c2ccc(N(c3ccc(C)cc3)c3ccc(C)cc3)cc2C5(C)C)O4)cc1. The molecule has 0 saturated carbocycles. The number of benzene rings is 11. The average molecular weight is 1230 g/mol. The third kappa shape index (κ3) is 6.97. The van der Waals surface area contributed by atoms with Crippen LogP contribution in [0.5, 0.6) is 11.5 Å². The zero-order valence-electron chi connectivity index (χ0n) is 55.4. The molecule has 0 radical (unpaired) electrons. The summed E-state index contributed by atoms with van der Waals surface area (Å²) >= 11 is 8.28. The molecular weight excluding hydrogens is 1160 g/mol. The minimum Gasteiger partial charge on any atom is -0.455 e. The van der Waals surface area contributed by atoms with Gasteiger partial charge in [-0.25, -0.2) is 0 Å². The Balaban J connectivity index is 0.968. The van der Waals surface area contributed by atoms with Crippen molar-refractivity contribution in [1.82, 2.24) is 0 Å². The third-order valence-corrected chi connectivity index (χ3v) is 27.1. The largest absolute Gasteiger partial charge is 0.455 e. The first-order valence-electron chi connectivity index (χ1n) is 32.8. The summed E-state index contributed by atoms with van der Waals surface area (Å²) in [5, 5.41) is 3.69. The molecule has 0 N–H and O–H groups in total. The minimum atomic E-state index is -3.13. The van der Waals surface area contributed by atoms with Gasteiger partial charge < -0.3 is 24.3 Å². The molecule has 92 heavy (non-hydrogen) atoms. The first kappa shape index (κ1) is 55.9. The normalized spacial score (nSPS) is 16.7. The Kier molecular flexibility index (Phi) is 11.1. The van der Waals surface area contributed by atoms with E-state index in [9.17, 15) is 0 Å². The highest BCUT2D eigenvalue weighted by Gasteiger charge is 2.62. The molecule has 0 aromatic heterocycles. The molecule has 0 amide bonds. The number of anilines is 12. The Morgan fingerprint density at radius 1 is 0.315 bits per heavy atom. The van der Waals surface area contributed by atoms with Crippen molar-refractivity contribution in [3.63, 3.8) is 0 Å². The van der Waals surface area contributed by atoms with Crippen molar-refractivity contribution in [3.8, 4) is 33.8 Å². The standard InChI is InChI=1S/C85H75N4OPS/c1-46-16-26-53(27-17-46)86(54-28-18-47(2)19-29-54)57-34-36-59-61(44-57)82(8,9)73-69(59)71-75-80-77(73)90-78-74-70(60-37-35-58(45-62(60)83(74,10)11)87(55-30-20-48(3)21-31-55)56-32-22-49(4)23-33-56)72-76-81(78)91(80,92)79-67(88(75)65-38-24-50(5)40-63(65)84(71,12)13)42-52(7)43-68(79)89(76)66-39-25-51(6)41-64(66)85(72,14)15/h16-45H,1-15H3. The Morgan fingerprint density at radius 3 is 0.978 bits per heavy atom. The number of hydrogen-bond acceptors (Lipinski definition) is 6. The molecule has 5 nitrogen and oxygen atoms in total. The van der Waals surface area contributed by atoms with E-state index in [1.807, 2.05) is 0 Å². The summed E-state index contributed by atoms with van der Waals surface area (Å²) < 4.78 is 8.62. The van der Waals surface area contributed by atoms with E-state index in [1.54, 1.807) is 0 Å². The van der Waals surface area contributed by atoms with Crippen molar-refractivity contribution in [1.29, 1.82) is 0 Å². The Labute approximate surface area is 547 Å². The van der Waals surface area contributed by atoms with Crippen molar-refractivity contribution in [2.24, 2.45) is 0 Å². The first-order chi connectivity index (χ1) is 43.9. The minimum absolute atomic E-state index is 0.457. The number of aryl methyl sites for hydroxylation is 7. The van der Waals surface area contributed by atoms with Crippen LogP contribution in [0.15, 0.2) is 182 Å². The van der Waals surface area contributed by atoms with E-state index in [1.165, 1.54) is 156 Å². The monoisotopic (exact) mass is 1230 g/mol. The van der Waals surface area contributed by atoms with Crippen molar-refractivity contribution in [3.05, 3.63) is 265 Å². The highest BCUT2D eigenvalue weighted by molar-refractivity contribution is 8.26. The molecular formula is C85H75N4OPS. The molecule has 5 heterocycles. The maximum Gasteiger partial charge on any atom is 0.143 e. The Morgan fingerprint density at radius 2 is 0.630 bits per heavy atom. The van der Waals surface area contributed by atoms with Crippen LogP contribution in [0.25, 0.3) is 22.3 Å². The van der Waals surface area contributed by atoms with E-state index >= 15 is 0 Å². The predicted molar refractivity (Wildman–Crippen MR) is 391 cm³/mol. The van der Waals surface area contributed by atoms with Gasteiger partial charge in [-0.1, -0.05) is 186 Å². The zero-order valence-corrected chi connectivity index (χ0v) is 57.1. The topological polar surface area (TPSA) is 22.2 Å². The van der Waals surface area contributed by atoms with Crippen LogP contribution >= 0.6 is 6.04 Å². The Hall–Kier alpha value is -8.93. The van der Waals surface area contributed by atoms with Crippen LogP contribution in [-0.4, -0.2) is 0 Å². The number of rotatable bonds is 6. The molecule has 5 aliphatic heterocycles. The molecule has 0 spiro atoms. The average Bonchev–Trinajstić information content (AvgIpc) is 1.04. The third-order valence-electron chi connectivity index (χ3n) is 22.3. The van der Waals surface area contributed by atoms with Crippen LogP contribution in [0, 0.1) is 48.5 Å². The van der Waals surface area contributed by atoms with Gasteiger partial charge in [-0.2, -0.15) is 0 Å². The van der Waals surface area contributed by atoms with E-state index < -0.39 is 27.7 Å². The smallest absolute Gasteiger partial charge is 0.143 e. The fourth-order valence-corrected chi connectivity index (χ4v) is 23.0. The van der Waals surface area contributed by atoms with Crippen LogP contribution < -0.4 is 40.3 Å². The number of nitrogens with zero attached hydrogens (tertiary/aromatic N) is 4. The Bertz CT molecular complexity index is 4830. The lowest BCUT2D eigenvalue weighted by Crippen LogP contribution is -2.50. The molecule has 18 rings (SSSR count). The van der Waals surface area contributed by atoms with Gasteiger partial charge >= 0.3 is 0 Å². The fourth-order valence-electron chi connectivity index (χ4n) is 17.9. The lowest BCUT2D eigenvalue weighted by molar-refractivity contribution is 0.454. The fraction of sp³-hybridized carbons (Fsp3) is 0.224. The number of hydrogen-bond donors (Lipinski definition) is 0. The van der Waals surface area contributed by atoms with Crippen LogP contribution in [0.2, 0.25) is 0 Å². The van der Waals surface area contributed by atoms with Crippen molar-refractivity contribution in [2.45, 2.75) is 126 Å². The van der Waals surface area contributed by atoms with Gasteiger partial charge in [-0.15, -0.1) is 0 Å². The molecule has 452 valence electrons. The molecule has 11 aromatic rings. The van der Waals surface area contributed by atoms with Gasteiger partial charge in [-0.3, -0.25) is 0 Å². The molecule has 0 unspecified atom stereocenters. The second-order valence-corrected chi connectivity index (χ2v) is 34.1. The number of ether oxygens (including phenoxy) is 1. The van der Waals surface area contributed by atoms with Crippen LogP contribution in [0.1, 0.15) is 139 Å². The van der Waals surface area contributed by atoms with Gasteiger partial charge in [0.2, 0.25) is 0 Å². The van der Waals surface area contributed by atoms with E-state index in [4.69, 9.17) is 16.5 Å². The summed E-state index contributed by atoms with van der Waals surface area (Å²) in [6, 6.07) is 66.8. The second kappa shape index (κ2) is 18.2. The van der Waals surface area contributed by atoms with E-state index in [0.717, 1.165) is 45.6 Å². The molecule has 0 atom stereocenters. The van der Waals surface area contributed by atoms with Crippen LogP contribution in [0.3, 0.4) is 0 Å². The molecule has 0 saturated heterocycles. The molecule has 11 aromatic carbocycles. The molecule has 0 bridgehead atoms. The van der Waals surface area contributed by atoms with Crippen LogP contribution in [-0.2, 0) is 33.5 Å². The molecule has 2 aliphatic carbocycles. The van der Waals surface area contributed by atoms with E-state index in [-0.39, 0.29) is 0 Å². The molecule has 7 aliphatic rings. The van der Waals surface area contributed by atoms with Gasteiger partial charge in [0, 0.05) is 72.2 Å². The van der Waals surface area contributed by atoms with E-state index in [2.05, 4.69) is 305 Å². The summed E-state index contributed by atoms with van der Waals surface area (Å²) in [6.07, 6.45) is 0. The van der Waals surface area contributed by atoms with Crippen LogP contribution in [0.4, 0.5) is 68.2 Å². The summed E-state index contributed by atoms with van der Waals surface area (Å²) in [6.45, 7) is 35.3. The highest BCUT2D eigenvalue weighted by atomic mass is 32.4. The van der Waals surface area contributed by atoms with Crippen molar-refractivity contribution in [2.75, 3.05) is 19.6 Å². The number of fused-ring (bicyclic) bond motifs is 16. The summed E-state index contributed by atoms with van der Waals surface area (Å²) in [4.78, 5) is 10.2. The van der Waals surface area contributed by atoms with Gasteiger partial charge in [0.05, 0.1) is 50.8 Å². The quantitative estimate of drug-likeness (QED) is 0.154. The predicted octanol–water partition coefficient (Wildman–Crippen LogP) is 22.1. The summed E-state index contributed by atoms with van der Waals surface area (Å²) in [5.41, 5.74) is 36.1. The highest BCUT2D eigenvalue weighted by Crippen LogP contribution is 2.76. The van der Waals surface area contributed by atoms with E-state index in [0.29, 0.717) is 0 Å².